The Morgan fingerprint density at radius 3 is 1.49 bits per heavy atom. The maximum absolute atomic E-state index is 2.56. The van der Waals surface area contributed by atoms with Crippen LogP contribution in [0.3, 0.4) is 0 Å². The molecule has 4 heteroatoms. The number of hydrogen-bond donors (Lipinski definition) is 0. The average Bonchev–Trinajstić information content (AvgIpc) is 3.84. The molecule has 4 aliphatic rings. The van der Waals surface area contributed by atoms with Gasteiger partial charge in [-0.1, -0.05) is 152 Å². The molecule has 2 aliphatic heterocycles. The molecule has 0 radical (unpaired) electrons. The lowest BCUT2D eigenvalue weighted by Crippen LogP contribution is -2.61. The first-order valence-corrected chi connectivity index (χ1v) is 23.5. The molecule has 0 saturated heterocycles. The van der Waals surface area contributed by atoms with Gasteiger partial charge in [-0.3, -0.25) is 0 Å². The van der Waals surface area contributed by atoms with E-state index in [1.165, 1.54) is 94.8 Å². The van der Waals surface area contributed by atoms with Crippen LogP contribution in [0.4, 0.5) is 51.2 Å². The summed E-state index contributed by atoms with van der Waals surface area (Å²) < 4.78 is 0. The summed E-state index contributed by atoms with van der Waals surface area (Å²) in [4.78, 5) is 7.45. The van der Waals surface area contributed by atoms with Crippen molar-refractivity contribution in [1.29, 1.82) is 0 Å². The highest BCUT2D eigenvalue weighted by atomic mass is 15.2. The van der Waals surface area contributed by atoms with Gasteiger partial charge in [0.1, 0.15) is 0 Å². The highest BCUT2D eigenvalue weighted by Crippen LogP contribution is 2.63. The molecule has 0 unspecified atom stereocenters. The highest BCUT2D eigenvalue weighted by molar-refractivity contribution is 7.00. The van der Waals surface area contributed by atoms with E-state index in [1.807, 2.05) is 0 Å². The van der Waals surface area contributed by atoms with E-state index in [-0.39, 0.29) is 6.71 Å². The van der Waals surface area contributed by atoms with Crippen molar-refractivity contribution < 1.29 is 0 Å². The molecule has 2 aliphatic carbocycles. The fourth-order valence-electron chi connectivity index (χ4n) is 12.3. The first-order valence-electron chi connectivity index (χ1n) is 23.5. The van der Waals surface area contributed by atoms with Gasteiger partial charge in [-0.15, -0.1) is 0 Å². The van der Waals surface area contributed by atoms with Gasteiger partial charge >= 0.3 is 0 Å². The molecule has 0 N–H and O–H groups in total. The van der Waals surface area contributed by atoms with Gasteiger partial charge in [0, 0.05) is 51.2 Å². The Bertz CT molecular complexity index is 3570. The standard InChI is InChI=1S/C63H44BN3/c1-41-32-35-57-59(36-41)67(46-23-17-22-45(39-46)65(43-18-5-3-6-19-43)44-20-7-4-8-21-44)61-38-42(2)37-60-62(61)64(57)56-30-15-16-31-58(56)66(60)47-33-34-55-51(40-47)50-26-11-14-29-54(50)63(55)52-27-12-9-24-48(52)49-25-10-13-28-53(49)63/h3-40H,1-2H3. The first kappa shape index (κ1) is 38.0. The minimum Gasteiger partial charge on any atom is -0.311 e. The van der Waals surface area contributed by atoms with E-state index >= 15 is 0 Å². The summed E-state index contributed by atoms with van der Waals surface area (Å²) in [5.41, 5.74) is 27.2. The number of aryl methyl sites for hydroxylation is 2. The summed E-state index contributed by atoms with van der Waals surface area (Å²) in [5, 5.41) is 0. The predicted molar refractivity (Wildman–Crippen MR) is 281 cm³/mol. The maximum Gasteiger partial charge on any atom is 0.252 e. The molecular formula is C63H44BN3. The van der Waals surface area contributed by atoms with E-state index < -0.39 is 5.41 Å². The van der Waals surface area contributed by atoms with Crippen molar-refractivity contribution >= 4 is 74.3 Å². The minimum atomic E-state index is -0.390. The summed E-state index contributed by atoms with van der Waals surface area (Å²) >= 11 is 0. The molecule has 0 saturated carbocycles. The van der Waals surface area contributed by atoms with Gasteiger partial charge in [-0.05, 0) is 165 Å². The van der Waals surface area contributed by atoms with Crippen molar-refractivity contribution in [3.8, 4) is 22.3 Å². The molecule has 67 heavy (non-hydrogen) atoms. The SMILES string of the molecule is Cc1ccc2c(c1)N(c1cccc(N(c3ccccc3)c3ccccc3)c1)c1cc(C)cc3c1B2c1ccccc1N3c1ccc2c(c1)-c1ccccc1C21c2ccccc2-c2ccccc21. The molecule has 14 rings (SSSR count). The summed E-state index contributed by atoms with van der Waals surface area (Å²) in [5.74, 6) is 0. The van der Waals surface area contributed by atoms with Gasteiger partial charge in [0.15, 0.2) is 0 Å². The van der Waals surface area contributed by atoms with E-state index in [0.717, 1.165) is 28.4 Å². The van der Waals surface area contributed by atoms with Crippen molar-refractivity contribution in [1.82, 2.24) is 0 Å². The topological polar surface area (TPSA) is 9.72 Å². The molecule has 2 heterocycles. The zero-order valence-electron chi connectivity index (χ0n) is 37.4. The van der Waals surface area contributed by atoms with Crippen LogP contribution in [0.5, 0.6) is 0 Å². The Morgan fingerprint density at radius 1 is 0.343 bits per heavy atom. The lowest BCUT2D eigenvalue weighted by molar-refractivity contribution is 0.794. The van der Waals surface area contributed by atoms with Gasteiger partial charge in [-0.2, -0.15) is 0 Å². The third-order valence-electron chi connectivity index (χ3n) is 14.9. The fraction of sp³-hybridized carbons (Fsp3) is 0.0476. The first-order chi connectivity index (χ1) is 33.1. The average molecular weight is 854 g/mol. The normalized spacial score (nSPS) is 13.9. The summed E-state index contributed by atoms with van der Waals surface area (Å²) in [7, 11) is 0. The zero-order valence-corrected chi connectivity index (χ0v) is 37.4. The molecule has 3 nitrogen and oxygen atoms in total. The monoisotopic (exact) mass is 853 g/mol. The van der Waals surface area contributed by atoms with Gasteiger partial charge in [0.05, 0.1) is 5.41 Å². The van der Waals surface area contributed by atoms with Crippen LogP contribution in [0.25, 0.3) is 22.3 Å². The molecule has 0 bridgehead atoms. The Kier molecular flexibility index (Phi) is 8.12. The van der Waals surface area contributed by atoms with Crippen molar-refractivity contribution in [3.05, 3.63) is 264 Å². The van der Waals surface area contributed by atoms with Crippen molar-refractivity contribution in [3.63, 3.8) is 0 Å². The van der Waals surface area contributed by atoms with Crippen LogP contribution in [-0.2, 0) is 5.41 Å². The molecule has 10 aromatic rings. The maximum atomic E-state index is 2.56. The van der Waals surface area contributed by atoms with Gasteiger partial charge < -0.3 is 14.7 Å². The fourth-order valence-corrected chi connectivity index (χ4v) is 12.3. The van der Waals surface area contributed by atoms with Crippen molar-refractivity contribution in [2.24, 2.45) is 0 Å². The number of anilines is 9. The summed E-state index contributed by atoms with van der Waals surface area (Å²) in [6.45, 7) is 4.52. The number of benzene rings is 10. The predicted octanol–water partition coefficient (Wildman–Crippen LogP) is 14.2. The largest absolute Gasteiger partial charge is 0.311 e. The molecule has 0 fully saturated rings. The molecular weight excluding hydrogens is 810 g/mol. The highest BCUT2D eigenvalue weighted by Gasteiger charge is 2.52. The van der Waals surface area contributed by atoms with Crippen molar-refractivity contribution in [2.75, 3.05) is 14.7 Å². The second kappa shape index (κ2) is 14.3. The quantitative estimate of drug-likeness (QED) is 0.160. The van der Waals surface area contributed by atoms with Crippen LogP contribution in [-0.4, -0.2) is 6.71 Å². The number of fused-ring (bicyclic) bond motifs is 14. The van der Waals surface area contributed by atoms with Crippen LogP contribution in [0.2, 0.25) is 0 Å². The summed E-state index contributed by atoms with van der Waals surface area (Å²) in [6.07, 6.45) is 0. The third kappa shape index (κ3) is 5.30. The number of nitrogens with zero attached hydrogens (tertiary/aromatic N) is 3. The zero-order chi connectivity index (χ0) is 44.4. The smallest absolute Gasteiger partial charge is 0.252 e. The Hall–Kier alpha value is -8.34. The second-order valence-electron chi connectivity index (χ2n) is 18.6. The lowest BCUT2D eigenvalue weighted by atomic mass is 9.33. The van der Waals surface area contributed by atoms with E-state index in [9.17, 15) is 0 Å². The Morgan fingerprint density at radius 2 is 0.836 bits per heavy atom. The van der Waals surface area contributed by atoms with Crippen LogP contribution < -0.4 is 31.1 Å². The van der Waals surface area contributed by atoms with E-state index in [0.29, 0.717) is 0 Å². The number of para-hydroxylation sites is 3. The number of rotatable bonds is 5. The molecule has 0 aromatic heterocycles. The van der Waals surface area contributed by atoms with Gasteiger partial charge in [0.25, 0.3) is 6.71 Å². The summed E-state index contributed by atoms with van der Waals surface area (Å²) in [6, 6.07) is 86.1. The van der Waals surface area contributed by atoms with E-state index in [1.54, 1.807) is 0 Å². The van der Waals surface area contributed by atoms with Crippen LogP contribution in [0, 0.1) is 13.8 Å². The minimum absolute atomic E-state index is 0.0446. The van der Waals surface area contributed by atoms with Gasteiger partial charge in [0.2, 0.25) is 0 Å². The van der Waals surface area contributed by atoms with Crippen molar-refractivity contribution in [2.45, 2.75) is 19.3 Å². The molecule has 0 atom stereocenters. The van der Waals surface area contributed by atoms with Crippen LogP contribution in [0.1, 0.15) is 33.4 Å². The molecule has 0 amide bonds. The molecule has 1 spiro atoms. The Balaban J connectivity index is 0.986. The molecule has 10 aromatic carbocycles. The van der Waals surface area contributed by atoms with Crippen LogP contribution in [0.15, 0.2) is 231 Å². The van der Waals surface area contributed by atoms with E-state index in [2.05, 4.69) is 259 Å². The third-order valence-corrected chi connectivity index (χ3v) is 14.9. The van der Waals surface area contributed by atoms with Crippen LogP contribution >= 0.6 is 0 Å². The van der Waals surface area contributed by atoms with E-state index in [4.69, 9.17) is 0 Å². The number of hydrogen-bond acceptors (Lipinski definition) is 3. The lowest BCUT2D eigenvalue weighted by Gasteiger charge is -2.44. The van der Waals surface area contributed by atoms with Gasteiger partial charge in [-0.25, -0.2) is 0 Å². The molecule has 314 valence electrons. The second-order valence-corrected chi connectivity index (χ2v) is 18.6. The Labute approximate surface area is 392 Å².